The average molecular weight is 527 g/mol. The van der Waals surface area contributed by atoms with E-state index in [9.17, 15) is 9.59 Å². The van der Waals surface area contributed by atoms with E-state index in [1.807, 2.05) is 54.6 Å². The van der Waals surface area contributed by atoms with Gasteiger partial charge in [-0.05, 0) is 40.3 Å². The molecule has 0 saturated heterocycles. The van der Waals surface area contributed by atoms with Crippen molar-refractivity contribution in [2.45, 2.75) is 45.2 Å². The maximum atomic E-state index is 13.6. The van der Waals surface area contributed by atoms with E-state index in [-0.39, 0.29) is 30.4 Å². The summed E-state index contributed by atoms with van der Waals surface area (Å²) in [5.74, 6) is 0.0732. The molecule has 0 aliphatic carbocycles. The summed E-state index contributed by atoms with van der Waals surface area (Å²) in [7, 11) is 1.57. The van der Waals surface area contributed by atoms with Crippen molar-refractivity contribution >= 4 is 35.0 Å². The van der Waals surface area contributed by atoms with Crippen molar-refractivity contribution in [2.75, 3.05) is 13.7 Å². The Morgan fingerprint density at radius 3 is 2.22 bits per heavy atom. The Hall–Kier alpha value is -3.02. The zero-order valence-corrected chi connectivity index (χ0v) is 22.6. The second-order valence-electron chi connectivity index (χ2n) is 9.62. The van der Waals surface area contributed by atoms with Crippen LogP contribution in [-0.2, 0) is 28.0 Å². The number of ether oxygens (including phenoxy) is 1. The van der Waals surface area contributed by atoms with E-state index in [0.717, 1.165) is 16.7 Å². The summed E-state index contributed by atoms with van der Waals surface area (Å²) in [5.41, 5.74) is 2.55. The number of rotatable bonds is 9. The fraction of sp³-hybridized carbons (Fsp3) is 0.310. The lowest BCUT2D eigenvalue weighted by Crippen LogP contribution is -2.51. The fourth-order valence-electron chi connectivity index (χ4n) is 3.99. The smallest absolute Gasteiger partial charge is 0.261 e. The van der Waals surface area contributed by atoms with Crippen LogP contribution in [0.5, 0.6) is 5.75 Å². The number of carbonyl (C=O) groups excluding carboxylic acids is 2. The summed E-state index contributed by atoms with van der Waals surface area (Å²) in [5, 5.41) is 3.52. The number of benzene rings is 3. The molecule has 0 spiro atoms. The number of nitrogens with zero attached hydrogens (tertiary/aromatic N) is 1. The van der Waals surface area contributed by atoms with Crippen LogP contribution in [0.15, 0.2) is 72.8 Å². The van der Waals surface area contributed by atoms with E-state index < -0.39 is 6.04 Å². The van der Waals surface area contributed by atoms with Gasteiger partial charge in [0.25, 0.3) is 5.91 Å². The van der Waals surface area contributed by atoms with Gasteiger partial charge in [-0.3, -0.25) is 9.59 Å². The summed E-state index contributed by atoms with van der Waals surface area (Å²) < 4.78 is 6.03. The second kappa shape index (κ2) is 12.3. The van der Waals surface area contributed by atoms with Crippen molar-refractivity contribution in [2.24, 2.45) is 0 Å². The maximum Gasteiger partial charge on any atom is 0.261 e. The second-order valence-corrected chi connectivity index (χ2v) is 10.4. The third-order valence-corrected chi connectivity index (χ3v) is 6.64. The molecule has 0 aromatic heterocycles. The number of amides is 2. The van der Waals surface area contributed by atoms with Gasteiger partial charge >= 0.3 is 0 Å². The standard InChI is InChI=1S/C29H32Cl2N2O3/c1-29(2,3)22-12-8-9-13-26(22)36-19-27(34)33(18-21-14-15-23(30)24(31)16-21)25(28(35)32-4)17-20-10-6-5-7-11-20/h5-16,25H,17-19H2,1-4H3,(H,32,35)/t25-/m0/s1. The van der Waals surface area contributed by atoms with Gasteiger partial charge in [0, 0.05) is 20.0 Å². The van der Waals surface area contributed by atoms with Crippen molar-refractivity contribution in [1.29, 1.82) is 0 Å². The Balaban J connectivity index is 1.92. The Morgan fingerprint density at radius 1 is 0.917 bits per heavy atom. The molecule has 0 fully saturated rings. The number of hydrogen-bond acceptors (Lipinski definition) is 3. The SMILES string of the molecule is CNC(=O)[C@H](Cc1ccccc1)N(Cc1ccc(Cl)c(Cl)c1)C(=O)COc1ccccc1C(C)(C)C. The highest BCUT2D eigenvalue weighted by atomic mass is 35.5. The zero-order valence-electron chi connectivity index (χ0n) is 21.1. The van der Waals surface area contributed by atoms with Gasteiger partial charge in [0.05, 0.1) is 10.0 Å². The average Bonchev–Trinajstić information content (AvgIpc) is 2.86. The molecule has 7 heteroatoms. The topological polar surface area (TPSA) is 58.6 Å². The lowest BCUT2D eigenvalue weighted by molar-refractivity contribution is -0.142. The van der Waals surface area contributed by atoms with Gasteiger partial charge in [-0.1, -0.05) is 98.6 Å². The first-order valence-corrected chi connectivity index (χ1v) is 12.6. The lowest BCUT2D eigenvalue weighted by Gasteiger charge is -2.31. The van der Waals surface area contributed by atoms with E-state index in [1.165, 1.54) is 0 Å². The van der Waals surface area contributed by atoms with E-state index in [2.05, 4.69) is 26.1 Å². The predicted molar refractivity (Wildman–Crippen MR) is 146 cm³/mol. The van der Waals surface area contributed by atoms with Crippen LogP contribution in [0.1, 0.15) is 37.5 Å². The Morgan fingerprint density at radius 2 is 1.58 bits per heavy atom. The van der Waals surface area contributed by atoms with Crippen molar-refractivity contribution in [1.82, 2.24) is 10.2 Å². The van der Waals surface area contributed by atoms with Gasteiger partial charge in [-0.15, -0.1) is 0 Å². The summed E-state index contributed by atoms with van der Waals surface area (Å²) in [6.45, 7) is 6.24. The van der Waals surface area contributed by atoms with E-state index >= 15 is 0 Å². The largest absolute Gasteiger partial charge is 0.483 e. The predicted octanol–water partition coefficient (Wildman–Crippen LogP) is 6.06. The molecule has 0 saturated carbocycles. The fourth-order valence-corrected chi connectivity index (χ4v) is 4.31. The lowest BCUT2D eigenvalue weighted by atomic mass is 9.86. The highest BCUT2D eigenvalue weighted by Crippen LogP contribution is 2.31. The third-order valence-electron chi connectivity index (χ3n) is 5.90. The minimum Gasteiger partial charge on any atom is -0.483 e. The van der Waals surface area contributed by atoms with Gasteiger partial charge < -0.3 is 15.0 Å². The highest BCUT2D eigenvalue weighted by molar-refractivity contribution is 6.42. The third kappa shape index (κ3) is 7.25. The van der Waals surface area contributed by atoms with Gasteiger partial charge in [0.15, 0.2) is 6.61 Å². The van der Waals surface area contributed by atoms with Crippen LogP contribution in [0.3, 0.4) is 0 Å². The number of nitrogens with one attached hydrogen (secondary N) is 1. The first kappa shape index (κ1) is 27.6. The van der Waals surface area contributed by atoms with Crippen molar-refractivity contribution < 1.29 is 14.3 Å². The molecule has 3 rings (SSSR count). The van der Waals surface area contributed by atoms with Crippen LogP contribution >= 0.6 is 23.2 Å². The molecule has 0 radical (unpaired) electrons. The molecular formula is C29H32Cl2N2O3. The van der Waals surface area contributed by atoms with Crippen LogP contribution in [0.25, 0.3) is 0 Å². The molecule has 36 heavy (non-hydrogen) atoms. The van der Waals surface area contributed by atoms with Gasteiger partial charge in [0.1, 0.15) is 11.8 Å². The number of likely N-dealkylation sites (N-methyl/N-ethyl adjacent to an activating group) is 1. The molecule has 1 atom stereocenters. The molecule has 2 amide bonds. The monoisotopic (exact) mass is 526 g/mol. The van der Waals surface area contributed by atoms with Crippen LogP contribution in [0, 0.1) is 0 Å². The van der Waals surface area contributed by atoms with Gasteiger partial charge in [-0.25, -0.2) is 0 Å². The number of hydrogen-bond donors (Lipinski definition) is 1. The first-order valence-electron chi connectivity index (χ1n) is 11.8. The van der Waals surface area contributed by atoms with Crippen LogP contribution in [0.2, 0.25) is 10.0 Å². The number of para-hydroxylation sites is 1. The molecule has 3 aromatic carbocycles. The molecule has 190 valence electrons. The Kier molecular flexibility index (Phi) is 9.41. The highest BCUT2D eigenvalue weighted by Gasteiger charge is 2.30. The quantitative estimate of drug-likeness (QED) is 0.368. The molecule has 5 nitrogen and oxygen atoms in total. The molecule has 0 aliphatic rings. The minimum absolute atomic E-state index is 0.155. The summed E-state index contributed by atoms with van der Waals surface area (Å²) >= 11 is 12.3. The summed E-state index contributed by atoms with van der Waals surface area (Å²) in [6, 6.07) is 21.7. The van der Waals surface area contributed by atoms with E-state index in [4.69, 9.17) is 27.9 Å². The van der Waals surface area contributed by atoms with Gasteiger partial charge in [-0.2, -0.15) is 0 Å². The van der Waals surface area contributed by atoms with Crippen LogP contribution in [-0.4, -0.2) is 36.4 Å². The molecule has 1 N–H and O–H groups in total. The molecule has 0 aliphatic heterocycles. The van der Waals surface area contributed by atoms with Crippen molar-refractivity contribution in [3.63, 3.8) is 0 Å². The van der Waals surface area contributed by atoms with E-state index in [1.54, 1.807) is 30.1 Å². The number of halogens is 2. The van der Waals surface area contributed by atoms with Crippen molar-refractivity contribution in [3.8, 4) is 5.75 Å². The molecular weight excluding hydrogens is 495 g/mol. The summed E-state index contributed by atoms with van der Waals surface area (Å²) in [4.78, 5) is 28.2. The Labute approximate surface area is 223 Å². The minimum atomic E-state index is -0.749. The Bertz CT molecular complexity index is 1190. The maximum absolute atomic E-state index is 13.6. The first-order chi connectivity index (χ1) is 17.1. The normalized spacial score (nSPS) is 12.1. The zero-order chi connectivity index (χ0) is 26.3. The van der Waals surface area contributed by atoms with Gasteiger partial charge in [0.2, 0.25) is 5.91 Å². The van der Waals surface area contributed by atoms with Crippen LogP contribution in [0.4, 0.5) is 0 Å². The molecule has 0 unspecified atom stereocenters. The molecule has 0 heterocycles. The van der Waals surface area contributed by atoms with Crippen molar-refractivity contribution in [3.05, 3.63) is 99.5 Å². The summed E-state index contributed by atoms with van der Waals surface area (Å²) in [6.07, 6.45) is 0.353. The molecule has 3 aromatic rings. The number of carbonyl (C=O) groups is 2. The van der Waals surface area contributed by atoms with E-state index in [0.29, 0.717) is 22.2 Å². The molecule has 0 bridgehead atoms. The van der Waals surface area contributed by atoms with Crippen LogP contribution < -0.4 is 10.1 Å².